The number of carbonyl (C=O) groups is 1. The molecule has 1 amide bonds. The van der Waals surface area contributed by atoms with Crippen LogP contribution in [0.25, 0.3) is 5.69 Å². The largest absolute Gasteiger partial charge is 0.494 e. The highest BCUT2D eigenvalue weighted by molar-refractivity contribution is 5.94. The molecular weight excluding hydrogens is 348 g/mol. The number of methoxy groups -OCH3 is 1. The Morgan fingerprint density at radius 2 is 1.85 bits per heavy atom. The first-order valence-electron chi connectivity index (χ1n) is 8.91. The van der Waals surface area contributed by atoms with Gasteiger partial charge in [-0.2, -0.15) is 9.78 Å². The second kappa shape index (κ2) is 8.32. The highest BCUT2D eigenvalue weighted by Crippen LogP contribution is 2.18. The molecule has 0 aliphatic carbocycles. The van der Waals surface area contributed by atoms with E-state index in [2.05, 4.69) is 10.00 Å². The van der Waals surface area contributed by atoms with Crippen molar-refractivity contribution in [3.05, 3.63) is 51.9 Å². The van der Waals surface area contributed by atoms with Crippen LogP contribution >= 0.6 is 0 Å². The maximum absolute atomic E-state index is 13.0. The molecule has 1 fully saturated rings. The number of piperazine rings is 1. The van der Waals surface area contributed by atoms with Gasteiger partial charge in [-0.05, 0) is 19.1 Å². The number of carbonyl (C=O) groups excluding carboxylic acids is 1. The molecule has 0 unspecified atom stereocenters. The molecule has 144 valence electrons. The molecule has 0 saturated carbocycles. The van der Waals surface area contributed by atoms with Gasteiger partial charge >= 0.3 is 0 Å². The monoisotopic (exact) mass is 372 g/mol. The summed E-state index contributed by atoms with van der Waals surface area (Å²) in [7, 11) is 1.42. The minimum absolute atomic E-state index is 0.102. The molecule has 0 spiro atoms. The van der Waals surface area contributed by atoms with Crippen LogP contribution in [-0.2, 0) is 0 Å². The summed E-state index contributed by atoms with van der Waals surface area (Å²) in [6.07, 6.45) is 0. The fourth-order valence-corrected chi connectivity index (χ4v) is 3.08. The van der Waals surface area contributed by atoms with Crippen molar-refractivity contribution in [1.82, 2.24) is 19.6 Å². The lowest BCUT2D eigenvalue weighted by molar-refractivity contribution is 0.0604. The highest BCUT2D eigenvalue weighted by Gasteiger charge is 2.26. The van der Waals surface area contributed by atoms with E-state index in [0.717, 1.165) is 5.56 Å². The minimum Gasteiger partial charge on any atom is -0.494 e. The fraction of sp³-hybridized carbons (Fsp3) is 0.421. The van der Waals surface area contributed by atoms with Gasteiger partial charge in [-0.25, -0.2) is 0 Å². The zero-order valence-electron chi connectivity index (χ0n) is 15.6. The molecule has 1 aliphatic rings. The van der Waals surface area contributed by atoms with Crippen LogP contribution in [0.2, 0.25) is 0 Å². The Morgan fingerprint density at radius 3 is 2.44 bits per heavy atom. The minimum atomic E-state index is -0.361. The molecule has 1 aliphatic heterocycles. The Balaban J connectivity index is 1.90. The molecule has 27 heavy (non-hydrogen) atoms. The van der Waals surface area contributed by atoms with Gasteiger partial charge in [0, 0.05) is 32.7 Å². The molecular formula is C19H24N4O4. The van der Waals surface area contributed by atoms with Crippen molar-refractivity contribution < 1.29 is 14.6 Å². The maximum Gasteiger partial charge on any atom is 0.278 e. The molecule has 2 aromatic rings. The second-order valence-corrected chi connectivity index (χ2v) is 6.50. The number of β-amino-alcohol motifs (C(OH)–C–C–N with tert-alkyl or cyclic N) is 1. The topological polar surface area (TPSA) is 87.9 Å². The second-order valence-electron chi connectivity index (χ2n) is 6.50. The molecule has 1 saturated heterocycles. The number of nitrogens with zero attached hydrogens (tertiary/aromatic N) is 4. The van der Waals surface area contributed by atoms with Crippen LogP contribution in [-0.4, -0.2) is 77.0 Å². The highest BCUT2D eigenvalue weighted by atomic mass is 16.5. The summed E-state index contributed by atoms with van der Waals surface area (Å²) in [5.41, 5.74) is 1.42. The van der Waals surface area contributed by atoms with E-state index < -0.39 is 0 Å². The number of aromatic nitrogens is 2. The van der Waals surface area contributed by atoms with Crippen molar-refractivity contribution in [2.45, 2.75) is 6.92 Å². The Kier molecular flexibility index (Phi) is 5.88. The summed E-state index contributed by atoms with van der Waals surface area (Å²) in [5, 5.41) is 13.3. The van der Waals surface area contributed by atoms with Crippen LogP contribution in [0.5, 0.6) is 5.75 Å². The number of aliphatic hydroxyl groups is 1. The molecule has 0 bridgehead atoms. The van der Waals surface area contributed by atoms with Crippen molar-refractivity contribution in [2.75, 3.05) is 46.4 Å². The predicted molar refractivity (Wildman–Crippen MR) is 101 cm³/mol. The van der Waals surface area contributed by atoms with Crippen LogP contribution < -0.4 is 10.3 Å². The van der Waals surface area contributed by atoms with Gasteiger partial charge in [0.15, 0.2) is 11.4 Å². The summed E-state index contributed by atoms with van der Waals surface area (Å²) in [6, 6.07) is 8.64. The molecule has 0 atom stereocenters. The summed E-state index contributed by atoms with van der Waals surface area (Å²) in [6.45, 7) is 5.10. The average molecular weight is 372 g/mol. The van der Waals surface area contributed by atoms with Crippen molar-refractivity contribution >= 4 is 5.91 Å². The SMILES string of the molecule is COc1cc(=O)n(-c2ccc(C)cc2)nc1C(=O)N1CCN(CCO)CC1. The van der Waals surface area contributed by atoms with Gasteiger partial charge in [-0.1, -0.05) is 17.7 Å². The Morgan fingerprint density at radius 1 is 1.19 bits per heavy atom. The van der Waals surface area contributed by atoms with Crippen LogP contribution in [0.1, 0.15) is 16.1 Å². The van der Waals surface area contributed by atoms with Gasteiger partial charge in [0.25, 0.3) is 11.5 Å². The average Bonchev–Trinajstić information content (AvgIpc) is 2.69. The van der Waals surface area contributed by atoms with Crippen molar-refractivity contribution in [1.29, 1.82) is 0 Å². The Hall–Kier alpha value is -2.71. The van der Waals surface area contributed by atoms with E-state index in [1.165, 1.54) is 17.9 Å². The molecule has 8 heteroatoms. The summed E-state index contributed by atoms with van der Waals surface area (Å²) < 4.78 is 6.46. The molecule has 1 aromatic heterocycles. The van der Waals surface area contributed by atoms with Crippen molar-refractivity contribution in [2.24, 2.45) is 0 Å². The van der Waals surface area contributed by atoms with Gasteiger partial charge in [0.1, 0.15) is 0 Å². The number of amides is 1. The standard InChI is InChI=1S/C19H24N4O4/c1-14-3-5-15(6-4-14)23-17(25)13-16(27-2)18(20-23)19(26)22-9-7-21(8-10-22)11-12-24/h3-6,13,24H,7-12H2,1-2H3. The third-order valence-corrected chi connectivity index (χ3v) is 4.67. The third kappa shape index (κ3) is 4.17. The zero-order valence-corrected chi connectivity index (χ0v) is 15.6. The van der Waals surface area contributed by atoms with Crippen LogP contribution in [0.4, 0.5) is 0 Å². The van der Waals surface area contributed by atoms with E-state index in [1.54, 1.807) is 17.0 Å². The number of hydrogen-bond donors (Lipinski definition) is 1. The van der Waals surface area contributed by atoms with E-state index >= 15 is 0 Å². The lowest BCUT2D eigenvalue weighted by atomic mass is 10.2. The zero-order chi connectivity index (χ0) is 19.4. The normalized spacial score (nSPS) is 15.0. The Bertz CT molecular complexity index is 855. The Labute approximate surface area is 157 Å². The van der Waals surface area contributed by atoms with Crippen LogP contribution in [0.3, 0.4) is 0 Å². The number of hydrogen-bond acceptors (Lipinski definition) is 6. The number of ether oxygens (including phenoxy) is 1. The van der Waals surface area contributed by atoms with Crippen molar-refractivity contribution in [3.8, 4) is 11.4 Å². The molecule has 1 N–H and O–H groups in total. The quantitative estimate of drug-likeness (QED) is 0.812. The molecule has 0 radical (unpaired) electrons. The van der Waals surface area contributed by atoms with Gasteiger partial charge in [-0.15, -0.1) is 0 Å². The molecule has 2 heterocycles. The summed E-state index contributed by atoms with van der Waals surface area (Å²) in [4.78, 5) is 29.2. The molecule has 3 rings (SSSR count). The first kappa shape index (κ1) is 19.1. The number of aryl methyl sites for hydroxylation is 1. The fourth-order valence-electron chi connectivity index (χ4n) is 3.08. The smallest absolute Gasteiger partial charge is 0.278 e. The van der Waals surface area contributed by atoms with Crippen LogP contribution in [0.15, 0.2) is 35.1 Å². The lowest BCUT2D eigenvalue weighted by Crippen LogP contribution is -2.49. The van der Waals surface area contributed by atoms with E-state index in [4.69, 9.17) is 9.84 Å². The maximum atomic E-state index is 13.0. The predicted octanol–water partition coefficient (Wildman–Crippen LogP) is 0.300. The van der Waals surface area contributed by atoms with Gasteiger partial charge in [0.2, 0.25) is 0 Å². The first-order chi connectivity index (χ1) is 13.0. The lowest BCUT2D eigenvalue weighted by Gasteiger charge is -2.34. The van der Waals surface area contributed by atoms with Gasteiger partial charge in [-0.3, -0.25) is 14.5 Å². The molecule has 8 nitrogen and oxygen atoms in total. The molecule has 1 aromatic carbocycles. The number of aliphatic hydroxyl groups excluding tert-OH is 1. The van der Waals surface area contributed by atoms with Gasteiger partial charge in [0.05, 0.1) is 25.5 Å². The van der Waals surface area contributed by atoms with E-state index in [9.17, 15) is 9.59 Å². The van der Waals surface area contributed by atoms with Crippen molar-refractivity contribution in [3.63, 3.8) is 0 Å². The van der Waals surface area contributed by atoms with E-state index in [-0.39, 0.29) is 29.5 Å². The van der Waals surface area contributed by atoms with Gasteiger partial charge < -0.3 is 14.7 Å². The number of benzene rings is 1. The van der Waals surface area contributed by atoms with E-state index in [0.29, 0.717) is 38.4 Å². The summed E-state index contributed by atoms with van der Waals surface area (Å²) >= 11 is 0. The number of rotatable bonds is 5. The van der Waals surface area contributed by atoms with Crippen LogP contribution in [0, 0.1) is 6.92 Å². The first-order valence-corrected chi connectivity index (χ1v) is 8.91. The third-order valence-electron chi connectivity index (χ3n) is 4.67. The van der Waals surface area contributed by atoms with E-state index in [1.807, 2.05) is 19.1 Å². The summed E-state index contributed by atoms with van der Waals surface area (Å²) in [5.74, 6) is -0.0949.